The monoisotopic (exact) mass is 789 g/mol. The molecular weight excluding hydrogens is 735 g/mol. The highest BCUT2D eigenvalue weighted by molar-refractivity contribution is 6.14. The van der Waals surface area contributed by atoms with Crippen molar-refractivity contribution >= 4 is 39.9 Å². The van der Waals surface area contributed by atoms with Gasteiger partial charge in [0.2, 0.25) is 5.70 Å². The average molecular weight is 790 g/mol. The van der Waals surface area contributed by atoms with Crippen LogP contribution in [-0.2, 0) is 0 Å². The summed E-state index contributed by atoms with van der Waals surface area (Å²) < 4.78 is 0. The van der Waals surface area contributed by atoms with Crippen molar-refractivity contribution in [3.8, 4) is 0 Å². The van der Waals surface area contributed by atoms with Crippen LogP contribution in [0.1, 0.15) is 37.5 Å². The smallest absolute Gasteiger partial charge is 0.230 e. The van der Waals surface area contributed by atoms with Gasteiger partial charge in [-0.2, -0.15) is 0 Å². The number of benzene rings is 6. The summed E-state index contributed by atoms with van der Waals surface area (Å²) in [5.41, 5.74) is 12.5. The molecule has 7 heteroatoms. The molecule has 7 nitrogen and oxygen atoms in total. The van der Waals surface area contributed by atoms with Gasteiger partial charge in [-0.05, 0) is 86.0 Å². The molecule has 0 aromatic heterocycles. The van der Waals surface area contributed by atoms with Crippen molar-refractivity contribution in [1.82, 2.24) is 4.90 Å². The Morgan fingerprint density at radius 2 is 0.967 bits per heavy atom. The standard InChI is InChI=1S/C18H17N3.C18H20N2.C17H18N2/c1-14(21-16-12-8-5-9-13-16)17(19-2)18(20-3)15-10-6-4-7-11-15;1-15(19-17-12-8-5-9-13-17)14-18(20(2)3)16-10-6-4-7-11-16;1-14(19-16-11-7-4-8-12-16)13-17(18-2)15-9-5-3-6-10-15/h4-13,21H,1,3H3;4-14H,1-3H3;3-13,19H,1-2H3. The Labute approximate surface area is 357 Å². The molecule has 6 aromatic carbocycles. The molecule has 0 aliphatic rings. The molecule has 0 aliphatic heterocycles. The van der Waals surface area contributed by atoms with Crippen LogP contribution in [0.2, 0.25) is 0 Å². The molecule has 0 saturated carbocycles. The van der Waals surface area contributed by atoms with Crippen LogP contribution in [0.15, 0.2) is 226 Å². The molecule has 6 aromatic rings. The topological polar surface area (TPSA) is 68.7 Å². The van der Waals surface area contributed by atoms with E-state index in [0.29, 0.717) is 11.4 Å². The molecule has 0 saturated heterocycles. The van der Waals surface area contributed by atoms with E-state index in [1.807, 2.05) is 173 Å². The second-order valence-corrected chi connectivity index (χ2v) is 13.7. The number of hydrogen-bond donors (Lipinski definition) is 2. The lowest BCUT2D eigenvalue weighted by molar-refractivity contribution is 0.592. The maximum absolute atomic E-state index is 7.49. The van der Waals surface area contributed by atoms with Crippen molar-refractivity contribution in [2.24, 2.45) is 15.0 Å². The zero-order valence-corrected chi connectivity index (χ0v) is 35.7. The largest absolute Gasteiger partial charge is 0.377 e. The first kappa shape index (κ1) is 45.1. The molecular formula is C53H55N7. The SMILES string of the molecule is CC(C=C(c1ccccc1)N(C)C)=Nc1ccccc1.CN=C(C=C(C)Nc1ccccc1)c1ccccc1.[C-]#[N+]C(C(=NC)c1ccccc1)=C(C)Nc1ccccc1. The summed E-state index contributed by atoms with van der Waals surface area (Å²) in [7, 11) is 7.63. The van der Waals surface area contributed by atoms with Gasteiger partial charge in [-0.3, -0.25) is 15.0 Å². The zero-order chi connectivity index (χ0) is 43.0. The number of aliphatic imine (C=N–C) groups is 3. The second-order valence-electron chi connectivity index (χ2n) is 13.7. The minimum absolute atomic E-state index is 0.535. The number of nitrogens with one attached hydrogen (secondary N) is 2. The Morgan fingerprint density at radius 3 is 1.42 bits per heavy atom. The lowest BCUT2D eigenvalue weighted by atomic mass is 10.1. The first-order valence-corrected chi connectivity index (χ1v) is 19.7. The molecule has 0 amide bonds. The molecule has 0 bridgehead atoms. The van der Waals surface area contributed by atoms with Crippen LogP contribution in [0, 0.1) is 6.57 Å². The zero-order valence-electron chi connectivity index (χ0n) is 35.7. The maximum atomic E-state index is 7.49. The van der Waals surface area contributed by atoms with E-state index in [0.717, 1.165) is 56.7 Å². The number of rotatable bonds is 12. The molecule has 0 unspecified atom stereocenters. The summed E-state index contributed by atoms with van der Waals surface area (Å²) in [6.07, 6.45) is 4.17. The quantitative estimate of drug-likeness (QED) is 0.0958. The highest BCUT2D eigenvalue weighted by atomic mass is 15.1. The van der Waals surface area contributed by atoms with Crippen LogP contribution in [0.5, 0.6) is 0 Å². The number of hydrogen-bond acceptors (Lipinski definition) is 6. The number of allylic oxidation sites excluding steroid dienone is 5. The molecule has 0 radical (unpaired) electrons. The highest BCUT2D eigenvalue weighted by Gasteiger charge is 2.13. The van der Waals surface area contributed by atoms with Gasteiger partial charge in [0.1, 0.15) is 0 Å². The normalized spacial score (nSPS) is 12.3. The van der Waals surface area contributed by atoms with E-state index < -0.39 is 0 Å². The fraction of sp³-hybridized carbons (Fsp3) is 0.132. The summed E-state index contributed by atoms with van der Waals surface area (Å²) in [5.74, 6) is 0. The van der Waals surface area contributed by atoms with Gasteiger partial charge in [0.15, 0.2) is 0 Å². The van der Waals surface area contributed by atoms with Crippen LogP contribution in [0.4, 0.5) is 17.1 Å². The first-order valence-electron chi connectivity index (χ1n) is 19.7. The van der Waals surface area contributed by atoms with E-state index in [-0.39, 0.29) is 0 Å². The molecule has 6 rings (SSSR count). The van der Waals surface area contributed by atoms with Gasteiger partial charge in [0, 0.05) is 62.4 Å². The van der Waals surface area contributed by atoms with E-state index in [1.54, 1.807) is 7.05 Å². The van der Waals surface area contributed by atoms with Crippen molar-refractivity contribution in [1.29, 1.82) is 0 Å². The molecule has 60 heavy (non-hydrogen) atoms. The minimum Gasteiger partial charge on any atom is -0.377 e. The van der Waals surface area contributed by atoms with Crippen LogP contribution >= 0.6 is 0 Å². The van der Waals surface area contributed by atoms with E-state index >= 15 is 0 Å². The molecule has 0 atom stereocenters. The lowest BCUT2D eigenvalue weighted by Crippen LogP contribution is -2.11. The fourth-order valence-corrected chi connectivity index (χ4v) is 5.97. The maximum Gasteiger partial charge on any atom is 0.230 e. The van der Waals surface area contributed by atoms with Gasteiger partial charge in [0.05, 0.1) is 23.7 Å². The van der Waals surface area contributed by atoms with E-state index in [2.05, 4.69) is 98.0 Å². The third-order valence-corrected chi connectivity index (χ3v) is 8.81. The average Bonchev–Trinajstić information content (AvgIpc) is 3.28. The molecule has 0 spiro atoms. The molecule has 0 heterocycles. The van der Waals surface area contributed by atoms with Gasteiger partial charge in [-0.1, -0.05) is 146 Å². The summed E-state index contributed by atoms with van der Waals surface area (Å²) in [5, 5.41) is 6.62. The Balaban J connectivity index is 0.000000199. The predicted molar refractivity (Wildman–Crippen MR) is 258 cm³/mol. The number of anilines is 2. The Kier molecular flexibility index (Phi) is 18.8. The second kappa shape index (κ2) is 24.9. The van der Waals surface area contributed by atoms with E-state index in [4.69, 9.17) is 6.57 Å². The summed E-state index contributed by atoms with van der Waals surface area (Å²) in [6.45, 7) is 13.5. The Bertz CT molecular complexity index is 2410. The van der Waals surface area contributed by atoms with Crippen LogP contribution in [-0.4, -0.2) is 50.2 Å². The summed E-state index contributed by atoms with van der Waals surface area (Å²) in [4.78, 5) is 19.0. The number of nitrogens with zero attached hydrogens (tertiary/aromatic N) is 5. The van der Waals surface area contributed by atoms with Gasteiger partial charge >= 0.3 is 0 Å². The van der Waals surface area contributed by atoms with Crippen LogP contribution in [0.3, 0.4) is 0 Å². The van der Waals surface area contributed by atoms with Crippen molar-refractivity contribution in [2.75, 3.05) is 38.8 Å². The van der Waals surface area contributed by atoms with Gasteiger partial charge < -0.3 is 15.5 Å². The van der Waals surface area contributed by atoms with Crippen molar-refractivity contribution in [3.05, 3.63) is 239 Å². The van der Waals surface area contributed by atoms with Crippen molar-refractivity contribution in [3.63, 3.8) is 0 Å². The fourth-order valence-electron chi connectivity index (χ4n) is 5.97. The van der Waals surface area contributed by atoms with Crippen LogP contribution in [0.25, 0.3) is 10.5 Å². The van der Waals surface area contributed by atoms with Crippen molar-refractivity contribution < 1.29 is 0 Å². The third-order valence-electron chi connectivity index (χ3n) is 8.81. The molecule has 2 N–H and O–H groups in total. The van der Waals surface area contributed by atoms with Crippen molar-refractivity contribution in [2.45, 2.75) is 20.8 Å². The highest BCUT2D eigenvalue weighted by Crippen LogP contribution is 2.19. The Morgan fingerprint density at radius 1 is 0.533 bits per heavy atom. The van der Waals surface area contributed by atoms with Gasteiger partial charge in [-0.25, -0.2) is 4.85 Å². The van der Waals surface area contributed by atoms with Crippen LogP contribution < -0.4 is 10.6 Å². The first-order chi connectivity index (χ1) is 29.2. The lowest BCUT2D eigenvalue weighted by Gasteiger charge is -2.17. The number of para-hydroxylation sites is 3. The molecule has 0 aliphatic carbocycles. The molecule has 302 valence electrons. The van der Waals surface area contributed by atoms with E-state index in [1.165, 1.54) is 5.56 Å². The summed E-state index contributed by atoms with van der Waals surface area (Å²) in [6, 6.07) is 60.3. The Hall–Kier alpha value is -7.56. The minimum atomic E-state index is 0.535. The predicted octanol–water partition coefficient (Wildman–Crippen LogP) is 12.9. The van der Waals surface area contributed by atoms with E-state index in [9.17, 15) is 0 Å². The summed E-state index contributed by atoms with van der Waals surface area (Å²) >= 11 is 0. The van der Waals surface area contributed by atoms with Gasteiger partial charge in [-0.15, -0.1) is 0 Å². The molecule has 0 fully saturated rings. The van der Waals surface area contributed by atoms with Gasteiger partial charge in [0.25, 0.3) is 0 Å². The third kappa shape index (κ3) is 15.1.